The van der Waals surface area contributed by atoms with Crippen LogP contribution in [-0.2, 0) is 11.2 Å². The molecule has 0 spiro atoms. The first-order valence-electron chi connectivity index (χ1n) is 6.77. The van der Waals surface area contributed by atoms with Crippen molar-refractivity contribution in [1.82, 2.24) is 4.90 Å². The standard InChI is InChI=1S/C15H19NO4/c1-3-20-13-8-10(4-7-12(13)15(18)19)9-14(17)16(2)11-5-6-11/h4,7-8,11H,3,5-6,9H2,1-2H3,(H,18,19). The Hall–Kier alpha value is -2.04. The average Bonchev–Trinajstić information content (AvgIpc) is 3.22. The van der Waals surface area contributed by atoms with Gasteiger partial charge in [0, 0.05) is 13.1 Å². The Kier molecular flexibility index (Phi) is 4.27. The summed E-state index contributed by atoms with van der Waals surface area (Å²) in [4.78, 5) is 24.9. The van der Waals surface area contributed by atoms with Crippen LogP contribution in [0.25, 0.3) is 0 Å². The van der Waals surface area contributed by atoms with E-state index in [9.17, 15) is 9.59 Å². The summed E-state index contributed by atoms with van der Waals surface area (Å²) in [6.45, 7) is 2.18. The number of amides is 1. The van der Waals surface area contributed by atoms with E-state index in [0.717, 1.165) is 18.4 Å². The first-order valence-corrected chi connectivity index (χ1v) is 6.77. The minimum absolute atomic E-state index is 0.0537. The predicted octanol–water partition coefficient (Wildman–Crippen LogP) is 1.95. The molecule has 1 N–H and O–H groups in total. The van der Waals surface area contributed by atoms with Crippen molar-refractivity contribution in [1.29, 1.82) is 0 Å². The molecule has 108 valence electrons. The third kappa shape index (κ3) is 3.29. The number of likely N-dealkylation sites (N-methyl/N-ethyl adjacent to an activating group) is 1. The summed E-state index contributed by atoms with van der Waals surface area (Å²) in [5.74, 6) is -0.654. The Morgan fingerprint density at radius 2 is 2.10 bits per heavy atom. The molecule has 0 heterocycles. The number of carbonyl (C=O) groups is 2. The molecule has 0 aliphatic heterocycles. The van der Waals surface area contributed by atoms with Gasteiger partial charge in [-0.2, -0.15) is 0 Å². The zero-order valence-corrected chi connectivity index (χ0v) is 11.8. The number of carbonyl (C=O) groups excluding carboxylic acids is 1. The fourth-order valence-corrected chi connectivity index (χ4v) is 2.09. The molecule has 0 atom stereocenters. The average molecular weight is 277 g/mol. The van der Waals surface area contributed by atoms with Crippen molar-refractivity contribution in [2.45, 2.75) is 32.2 Å². The number of aromatic carboxylic acids is 1. The van der Waals surface area contributed by atoms with Crippen LogP contribution in [0.4, 0.5) is 0 Å². The van der Waals surface area contributed by atoms with Crippen LogP contribution >= 0.6 is 0 Å². The van der Waals surface area contributed by atoms with E-state index in [0.29, 0.717) is 18.4 Å². The van der Waals surface area contributed by atoms with E-state index in [-0.39, 0.29) is 17.9 Å². The lowest BCUT2D eigenvalue weighted by Gasteiger charge is -2.16. The van der Waals surface area contributed by atoms with Crippen LogP contribution in [0.15, 0.2) is 18.2 Å². The van der Waals surface area contributed by atoms with Crippen LogP contribution in [-0.4, -0.2) is 41.6 Å². The van der Waals surface area contributed by atoms with E-state index in [1.807, 2.05) is 7.05 Å². The molecule has 0 saturated heterocycles. The molecule has 1 aliphatic rings. The molecule has 0 bridgehead atoms. The molecule has 1 aliphatic carbocycles. The van der Waals surface area contributed by atoms with Gasteiger partial charge in [-0.05, 0) is 37.5 Å². The molecule has 1 fully saturated rings. The first kappa shape index (κ1) is 14.4. The second kappa shape index (κ2) is 5.94. The third-order valence-corrected chi connectivity index (χ3v) is 3.42. The van der Waals surface area contributed by atoms with E-state index in [2.05, 4.69) is 0 Å². The second-order valence-electron chi connectivity index (χ2n) is 4.98. The molecule has 2 rings (SSSR count). The van der Waals surface area contributed by atoms with Crippen molar-refractivity contribution in [2.75, 3.05) is 13.7 Å². The molecular formula is C15H19NO4. The van der Waals surface area contributed by atoms with Crippen molar-refractivity contribution < 1.29 is 19.4 Å². The maximum absolute atomic E-state index is 12.1. The van der Waals surface area contributed by atoms with Gasteiger partial charge in [0.2, 0.25) is 5.91 Å². The Labute approximate surface area is 118 Å². The second-order valence-corrected chi connectivity index (χ2v) is 4.98. The Balaban J connectivity index is 2.13. The minimum Gasteiger partial charge on any atom is -0.493 e. The highest BCUT2D eigenvalue weighted by atomic mass is 16.5. The van der Waals surface area contributed by atoms with E-state index in [4.69, 9.17) is 9.84 Å². The summed E-state index contributed by atoms with van der Waals surface area (Å²) in [6.07, 6.45) is 2.42. The van der Waals surface area contributed by atoms with Gasteiger partial charge in [0.1, 0.15) is 11.3 Å². The van der Waals surface area contributed by atoms with Crippen LogP contribution in [0.3, 0.4) is 0 Å². The molecule has 20 heavy (non-hydrogen) atoms. The highest BCUT2D eigenvalue weighted by molar-refractivity contribution is 5.91. The van der Waals surface area contributed by atoms with Crippen molar-refractivity contribution >= 4 is 11.9 Å². The molecule has 1 aromatic carbocycles. The van der Waals surface area contributed by atoms with Crippen molar-refractivity contribution in [3.05, 3.63) is 29.3 Å². The van der Waals surface area contributed by atoms with Crippen LogP contribution in [0.1, 0.15) is 35.7 Å². The van der Waals surface area contributed by atoms with Crippen LogP contribution in [0.5, 0.6) is 5.75 Å². The summed E-state index contributed by atoms with van der Waals surface area (Å²) < 4.78 is 5.34. The lowest BCUT2D eigenvalue weighted by atomic mass is 10.1. The third-order valence-electron chi connectivity index (χ3n) is 3.42. The quantitative estimate of drug-likeness (QED) is 0.863. The van der Waals surface area contributed by atoms with E-state index in [1.165, 1.54) is 6.07 Å². The van der Waals surface area contributed by atoms with Gasteiger partial charge in [0.05, 0.1) is 13.0 Å². The van der Waals surface area contributed by atoms with Gasteiger partial charge in [0.15, 0.2) is 0 Å². The van der Waals surface area contributed by atoms with E-state index >= 15 is 0 Å². The summed E-state index contributed by atoms with van der Waals surface area (Å²) in [5, 5.41) is 9.08. The fraction of sp³-hybridized carbons (Fsp3) is 0.467. The maximum Gasteiger partial charge on any atom is 0.339 e. The minimum atomic E-state index is -1.03. The lowest BCUT2D eigenvalue weighted by Crippen LogP contribution is -2.30. The summed E-state index contributed by atoms with van der Waals surface area (Å²) in [6, 6.07) is 5.19. The van der Waals surface area contributed by atoms with Gasteiger partial charge in [-0.15, -0.1) is 0 Å². The summed E-state index contributed by atoms with van der Waals surface area (Å²) >= 11 is 0. The fourth-order valence-electron chi connectivity index (χ4n) is 2.09. The van der Waals surface area contributed by atoms with E-state index in [1.54, 1.807) is 24.0 Å². The lowest BCUT2D eigenvalue weighted by molar-refractivity contribution is -0.129. The topological polar surface area (TPSA) is 66.8 Å². The normalized spacial score (nSPS) is 13.9. The smallest absolute Gasteiger partial charge is 0.339 e. The van der Waals surface area contributed by atoms with Crippen molar-refractivity contribution in [2.24, 2.45) is 0 Å². The Bertz CT molecular complexity index is 523. The summed E-state index contributed by atoms with van der Waals surface area (Å²) in [7, 11) is 1.81. The summed E-state index contributed by atoms with van der Waals surface area (Å²) in [5.41, 5.74) is 0.898. The largest absolute Gasteiger partial charge is 0.493 e. The zero-order valence-electron chi connectivity index (χ0n) is 11.8. The Morgan fingerprint density at radius 1 is 1.40 bits per heavy atom. The molecule has 1 aromatic rings. The maximum atomic E-state index is 12.1. The molecule has 0 radical (unpaired) electrons. The zero-order chi connectivity index (χ0) is 14.7. The number of ether oxygens (including phenoxy) is 1. The number of hydrogen-bond donors (Lipinski definition) is 1. The first-order chi connectivity index (χ1) is 9.52. The van der Waals surface area contributed by atoms with E-state index < -0.39 is 5.97 Å². The molecule has 5 nitrogen and oxygen atoms in total. The van der Waals surface area contributed by atoms with Crippen molar-refractivity contribution in [3.63, 3.8) is 0 Å². The molecule has 0 unspecified atom stereocenters. The highest BCUT2D eigenvalue weighted by Gasteiger charge is 2.29. The van der Waals surface area contributed by atoms with Crippen LogP contribution in [0, 0.1) is 0 Å². The molecule has 5 heteroatoms. The number of carboxylic acids is 1. The SMILES string of the molecule is CCOc1cc(CC(=O)N(C)C2CC2)ccc1C(=O)O. The number of carboxylic acid groups (broad SMARTS) is 1. The predicted molar refractivity (Wildman–Crippen MR) is 74.1 cm³/mol. The van der Waals surface area contributed by atoms with Crippen molar-refractivity contribution in [3.8, 4) is 5.75 Å². The number of hydrogen-bond acceptors (Lipinski definition) is 3. The molecular weight excluding hydrogens is 258 g/mol. The van der Waals surface area contributed by atoms with Crippen LogP contribution < -0.4 is 4.74 Å². The van der Waals surface area contributed by atoms with Gasteiger partial charge >= 0.3 is 5.97 Å². The van der Waals surface area contributed by atoms with Gasteiger partial charge in [-0.1, -0.05) is 6.07 Å². The highest BCUT2D eigenvalue weighted by Crippen LogP contribution is 2.26. The van der Waals surface area contributed by atoms with Gasteiger partial charge in [-0.3, -0.25) is 4.79 Å². The molecule has 1 saturated carbocycles. The molecule has 0 aromatic heterocycles. The number of benzene rings is 1. The van der Waals surface area contributed by atoms with Gasteiger partial charge < -0.3 is 14.7 Å². The monoisotopic (exact) mass is 277 g/mol. The Morgan fingerprint density at radius 3 is 2.65 bits per heavy atom. The van der Waals surface area contributed by atoms with Gasteiger partial charge in [0.25, 0.3) is 0 Å². The molecule has 1 amide bonds. The van der Waals surface area contributed by atoms with Crippen LogP contribution in [0.2, 0.25) is 0 Å². The number of rotatable bonds is 6. The van der Waals surface area contributed by atoms with Gasteiger partial charge in [-0.25, -0.2) is 4.79 Å². The number of nitrogens with zero attached hydrogens (tertiary/aromatic N) is 1.